The molecule has 114 valence electrons. The maximum atomic E-state index is 5.83. The van der Waals surface area contributed by atoms with Gasteiger partial charge in [0, 0.05) is 16.2 Å². The van der Waals surface area contributed by atoms with Gasteiger partial charge in [-0.1, -0.05) is 34.7 Å². The number of halogens is 1. The molecule has 0 aliphatic heterocycles. The molecule has 2 heterocycles. The summed E-state index contributed by atoms with van der Waals surface area (Å²) in [5.41, 5.74) is 6.55. The standard InChI is InChI=1S/C13H11ClN4OS3/c14-8-1-3-10(4-2-8)19-5-11-16-9(6-20-11)7-21-13-18-17-12(15)22-13/h1-4,6H,5,7H2,(H2,15,17). The Hall–Kier alpha value is -1.35. The van der Waals surface area contributed by atoms with Crippen molar-refractivity contribution in [2.24, 2.45) is 0 Å². The third kappa shape index (κ3) is 4.33. The molecule has 0 bridgehead atoms. The molecule has 0 atom stereocenters. The van der Waals surface area contributed by atoms with Crippen LogP contribution in [0.4, 0.5) is 5.13 Å². The fraction of sp³-hybridized carbons (Fsp3) is 0.154. The molecule has 0 amide bonds. The molecule has 0 unspecified atom stereocenters. The van der Waals surface area contributed by atoms with Crippen LogP contribution in [0.3, 0.4) is 0 Å². The molecule has 0 spiro atoms. The van der Waals surface area contributed by atoms with Gasteiger partial charge in [-0.05, 0) is 24.3 Å². The monoisotopic (exact) mass is 370 g/mol. The molecule has 9 heteroatoms. The SMILES string of the molecule is Nc1nnc(SCc2csc(COc3ccc(Cl)cc3)n2)s1. The number of nitrogens with two attached hydrogens (primary N) is 1. The minimum Gasteiger partial charge on any atom is -0.486 e. The minimum atomic E-state index is 0.447. The number of anilines is 1. The van der Waals surface area contributed by atoms with E-state index in [4.69, 9.17) is 22.1 Å². The van der Waals surface area contributed by atoms with Gasteiger partial charge in [0.25, 0.3) is 0 Å². The van der Waals surface area contributed by atoms with Gasteiger partial charge in [-0.25, -0.2) is 4.98 Å². The Balaban J connectivity index is 1.51. The maximum absolute atomic E-state index is 5.83. The molecule has 22 heavy (non-hydrogen) atoms. The highest BCUT2D eigenvalue weighted by Gasteiger charge is 2.07. The lowest BCUT2D eigenvalue weighted by Gasteiger charge is -2.03. The lowest BCUT2D eigenvalue weighted by molar-refractivity contribution is 0.305. The van der Waals surface area contributed by atoms with Crippen molar-refractivity contribution in [1.82, 2.24) is 15.2 Å². The van der Waals surface area contributed by atoms with Crippen LogP contribution in [0.15, 0.2) is 34.0 Å². The minimum absolute atomic E-state index is 0.447. The Kier molecular flexibility index (Phi) is 5.14. The molecule has 0 radical (unpaired) electrons. The Morgan fingerprint density at radius 2 is 2.05 bits per heavy atom. The number of thiazole rings is 1. The average Bonchev–Trinajstić information content (AvgIpc) is 3.13. The van der Waals surface area contributed by atoms with Crippen LogP contribution in [-0.2, 0) is 12.4 Å². The lowest BCUT2D eigenvalue weighted by Crippen LogP contribution is -1.95. The Bertz CT molecular complexity index is 744. The summed E-state index contributed by atoms with van der Waals surface area (Å²) < 4.78 is 6.52. The molecular weight excluding hydrogens is 360 g/mol. The van der Waals surface area contributed by atoms with Crippen LogP contribution in [0.1, 0.15) is 10.7 Å². The van der Waals surface area contributed by atoms with E-state index in [2.05, 4.69) is 15.2 Å². The van der Waals surface area contributed by atoms with Crippen molar-refractivity contribution in [3.05, 3.63) is 45.4 Å². The quantitative estimate of drug-likeness (QED) is 0.658. The zero-order valence-corrected chi connectivity index (χ0v) is 14.4. The van der Waals surface area contributed by atoms with Gasteiger partial charge in [0.1, 0.15) is 17.4 Å². The van der Waals surface area contributed by atoms with Crippen LogP contribution in [0, 0.1) is 0 Å². The van der Waals surface area contributed by atoms with Crippen LogP contribution in [0.5, 0.6) is 5.75 Å². The Labute approximate surface area is 144 Å². The third-order valence-electron chi connectivity index (χ3n) is 2.54. The largest absolute Gasteiger partial charge is 0.486 e. The van der Waals surface area contributed by atoms with Crippen LogP contribution in [-0.4, -0.2) is 15.2 Å². The van der Waals surface area contributed by atoms with Crippen molar-refractivity contribution in [3.8, 4) is 5.75 Å². The first-order valence-corrected chi connectivity index (χ1v) is 9.28. The van der Waals surface area contributed by atoms with E-state index >= 15 is 0 Å². The number of rotatable bonds is 6. The van der Waals surface area contributed by atoms with Gasteiger partial charge in [-0.2, -0.15) is 0 Å². The van der Waals surface area contributed by atoms with Gasteiger partial charge < -0.3 is 10.5 Å². The predicted octanol–water partition coefficient (Wildman–Crippen LogP) is 4.10. The maximum Gasteiger partial charge on any atom is 0.203 e. The third-order valence-corrected chi connectivity index (χ3v) is 5.58. The van der Waals surface area contributed by atoms with Crippen molar-refractivity contribution in [1.29, 1.82) is 0 Å². The zero-order chi connectivity index (χ0) is 15.4. The van der Waals surface area contributed by atoms with E-state index in [1.54, 1.807) is 35.2 Å². The van der Waals surface area contributed by atoms with Crippen molar-refractivity contribution >= 4 is 51.2 Å². The van der Waals surface area contributed by atoms with Crippen molar-refractivity contribution in [3.63, 3.8) is 0 Å². The molecule has 5 nitrogen and oxygen atoms in total. The van der Waals surface area contributed by atoms with E-state index in [0.717, 1.165) is 26.5 Å². The predicted molar refractivity (Wildman–Crippen MR) is 91.8 cm³/mol. The number of hydrogen-bond acceptors (Lipinski definition) is 8. The second kappa shape index (κ2) is 7.28. The first-order chi connectivity index (χ1) is 10.7. The molecular formula is C13H11ClN4OS3. The molecule has 0 saturated carbocycles. The van der Waals surface area contributed by atoms with Crippen LogP contribution < -0.4 is 10.5 Å². The van der Waals surface area contributed by atoms with Crippen LogP contribution in [0.2, 0.25) is 5.02 Å². The molecule has 0 aliphatic rings. The number of thioether (sulfide) groups is 1. The van der Waals surface area contributed by atoms with Crippen LogP contribution in [0.25, 0.3) is 0 Å². The van der Waals surface area contributed by atoms with Gasteiger partial charge in [0.2, 0.25) is 5.13 Å². The summed E-state index contributed by atoms with van der Waals surface area (Å²) in [6.45, 7) is 0.447. The van der Waals surface area contributed by atoms with E-state index in [1.165, 1.54) is 11.3 Å². The molecule has 2 N–H and O–H groups in total. The highest BCUT2D eigenvalue weighted by Crippen LogP contribution is 2.27. The molecule has 0 saturated heterocycles. The topological polar surface area (TPSA) is 73.9 Å². The van der Waals surface area contributed by atoms with E-state index in [-0.39, 0.29) is 0 Å². The van der Waals surface area contributed by atoms with Gasteiger partial charge in [0.15, 0.2) is 4.34 Å². The van der Waals surface area contributed by atoms with Gasteiger partial charge in [-0.15, -0.1) is 21.5 Å². The first kappa shape index (κ1) is 15.5. The van der Waals surface area contributed by atoms with E-state index in [1.807, 2.05) is 17.5 Å². The zero-order valence-electron chi connectivity index (χ0n) is 11.2. The summed E-state index contributed by atoms with van der Waals surface area (Å²) in [7, 11) is 0. The number of benzene rings is 1. The molecule has 3 aromatic rings. The van der Waals surface area contributed by atoms with Gasteiger partial charge >= 0.3 is 0 Å². The molecule has 0 aliphatic carbocycles. The van der Waals surface area contributed by atoms with Crippen molar-refractivity contribution in [2.75, 3.05) is 5.73 Å². The van der Waals surface area contributed by atoms with Crippen molar-refractivity contribution in [2.45, 2.75) is 16.7 Å². The summed E-state index contributed by atoms with van der Waals surface area (Å²) >= 11 is 10.4. The summed E-state index contributed by atoms with van der Waals surface area (Å²) in [4.78, 5) is 4.54. The number of nitrogens with zero attached hydrogens (tertiary/aromatic N) is 3. The Morgan fingerprint density at radius 3 is 2.77 bits per heavy atom. The van der Waals surface area contributed by atoms with E-state index in [9.17, 15) is 0 Å². The molecule has 2 aromatic heterocycles. The average molecular weight is 371 g/mol. The second-order valence-corrected chi connectivity index (χ2v) is 7.78. The molecule has 0 fully saturated rings. The number of nitrogen functional groups attached to an aromatic ring is 1. The first-order valence-electron chi connectivity index (χ1n) is 6.22. The smallest absolute Gasteiger partial charge is 0.203 e. The molecule has 3 rings (SSSR count). The molecule has 1 aromatic carbocycles. The number of aromatic nitrogens is 3. The number of hydrogen-bond donors (Lipinski definition) is 1. The van der Waals surface area contributed by atoms with Crippen molar-refractivity contribution < 1.29 is 4.74 Å². The fourth-order valence-electron chi connectivity index (χ4n) is 1.57. The highest BCUT2D eigenvalue weighted by atomic mass is 35.5. The van der Waals surface area contributed by atoms with Gasteiger partial charge in [0.05, 0.1) is 5.69 Å². The summed E-state index contributed by atoms with van der Waals surface area (Å²) in [5, 5.41) is 11.9. The normalized spacial score (nSPS) is 10.8. The number of ether oxygens (including phenoxy) is 1. The summed E-state index contributed by atoms with van der Waals surface area (Å²) in [6, 6.07) is 7.28. The Morgan fingerprint density at radius 1 is 1.23 bits per heavy atom. The lowest BCUT2D eigenvalue weighted by atomic mass is 10.3. The summed E-state index contributed by atoms with van der Waals surface area (Å²) in [5.74, 6) is 1.52. The van der Waals surface area contributed by atoms with Crippen LogP contribution >= 0.6 is 46.0 Å². The van der Waals surface area contributed by atoms with E-state index < -0.39 is 0 Å². The fourth-order valence-corrected chi connectivity index (χ4v) is 4.04. The van der Waals surface area contributed by atoms with E-state index in [0.29, 0.717) is 16.8 Å². The second-order valence-electron chi connectivity index (χ2n) is 4.17. The van der Waals surface area contributed by atoms with Gasteiger partial charge in [-0.3, -0.25) is 0 Å². The highest BCUT2D eigenvalue weighted by molar-refractivity contribution is 8.00. The summed E-state index contributed by atoms with van der Waals surface area (Å²) in [6.07, 6.45) is 0.